The van der Waals surface area contributed by atoms with Crippen molar-refractivity contribution in [3.05, 3.63) is 93.4 Å². The van der Waals surface area contributed by atoms with Gasteiger partial charge < -0.3 is 25.1 Å². The van der Waals surface area contributed by atoms with Crippen LogP contribution in [0.4, 0.5) is 0 Å². The van der Waals surface area contributed by atoms with Crippen LogP contribution in [-0.4, -0.2) is 42.8 Å². The van der Waals surface area contributed by atoms with Crippen molar-refractivity contribution in [2.45, 2.75) is 25.9 Å². The molecule has 2 amide bonds. The van der Waals surface area contributed by atoms with E-state index in [4.69, 9.17) is 9.47 Å². The number of aromatic nitrogens is 1. The van der Waals surface area contributed by atoms with E-state index in [0.717, 1.165) is 5.56 Å². The molecule has 0 saturated carbocycles. The van der Waals surface area contributed by atoms with Crippen LogP contribution in [-0.2, 0) is 22.6 Å². The van der Waals surface area contributed by atoms with Crippen molar-refractivity contribution in [2.24, 2.45) is 0 Å². The van der Waals surface area contributed by atoms with E-state index in [9.17, 15) is 19.2 Å². The van der Waals surface area contributed by atoms with Crippen LogP contribution in [0.25, 0.3) is 0 Å². The van der Waals surface area contributed by atoms with Crippen LogP contribution in [0.1, 0.15) is 27.2 Å². The van der Waals surface area contributed by atoms with Gasteiger partial charge in [-0.15, -0.1) is 0 Å². The average molecular weight is 478 g/mol. The van der Waals surface area contributed by atoms with Gasteiger partial charge in [0.05, 0.1) is 14.2 Å². The summed E-state index contributed by atoms with van der Waals surface area (Å²) in [6.07, 6.45) is 0.102. The molecule has 1 heterocycles. The second-order valence-electron chi connectivity index (χ2n) is 7.83. The Hall–Kier alpha value is -4.40. The van der Waals surface area contributed by atoms with Gasteiger partial charge in [0.15, 0.2) is 11.5 Å². The number of hydrogen-bond donors (Lipinski definition) is 3. The Balaban J connectivity index is 1.76. The summed E-state index contributed by atoms with van der Waals surface area (Å²) >= 11 is 0. The van der Waals surface area contributed by atoms with Gasteiger partial charge in [-0.05, 0) is 35.7 Å². The van der Waals surface area contributed by atoms with Crippen molar-refractivity contribution in [1.29, 1.82) is 0 Å². The van der Waals surface area contributed by atoms with Crippen LogP contribution >= 0.6 is 0 Å². The predicted octanol–water partition coefficient (Wildman–Crippen LogP) is 1.93. The lowest BCUT2D eigenvalue weighted by atomic mass is 10.0. The van der Waals surface area contributed by atoms with Crippen LogP contribution in [0.5, 0.6) is 11.5 Å². The lowest BCUT2D eigenvalue weighted by molar-refractivity contribution is -0.139. The van der Waals surface area contributed by atoms with Crippen molar-refractivity contribution in [2.75, 3.05) is 14.2 Å². The Kier molecular flexibility index (Phi) is 8.39. The molecule has 2 aromatic carbocycles. The quantitative estimate of drug-likeness (QED) is 0.383. The molecule has 1 atom stereocenters. The first kappa shape index (κ1) is 25.2. The van der Waals surface area contributed by atoms with E-state index in [1.54, 1.807) is 49.4 Å². The van der Waals surface area contributed by atoms with E-state index in [0.29, 0.717) is 22.6 Å². The molecule has 0 unspecified atom stereocenters. The number of H-pyrrole nitrogens is 1. The maximum absolute atomic E-state index is 13.1. The maximum Gasteiger partial charge on any atom is 0.289 e. The highest BCUT2D eigenvalue weighted by Crippen LogP contribution is 2.27. The topological polar surface area (TPSA) is 127 Å². The molecule has 9 nitrogen and oxygen atoms in total. The van der Waals surface area contributed by atoms with E-state index in [1.807, 2.05) is 6.07 Å². The Morgan fingerprint density at radius 2 is 1.63 bits per heavy atom. The lowest BCUT2D eigenvalue weighted by Crippen LogP contribution is -2.49. The first-order valence-corrected chi connectivity index (χ1v) is 10.9. The van der Waals surface area contributed by atoms with Gasteiger partial charge in [0, 0.05) is 19.0 Å². The summed E-state index contributed by atoms with van der Waals surface area (Å²) in [6, 6.07) is 15.8. The van der Waals surface area contributed by atoms with Crippen LogP contribution in [0, 0.1) is 6.92 Å². The molecule has 0 aliphatic rings. The summed E-state index contributed by atoms with van der Waals surface area (Å²) in [7, 11) is 3.02. The van der Waals surface area contributed by atoms with Crippen LogP contribution in [0.15, 0.2) is 65.5 Å². The van der Waals surface area contributed by atoms with Crippen molar-refractivity contribution in [3.63, 3.8) is 0 Å². The van der Waals surface area contributed by atoms with Crippen LogP contribution in [0.2, 0.25) is 0 Å². The summed E-state index contributed by atoms with van der Waals surface area (Å²) < 4.78 is 10.5. The number of hydrogen-bond acceptors (Lipinski definition) is 6. The zero-order valence-electron chi connectivity index (χ0n) is 19.7. The monoisotopic (exact) mass is 477 g/mol. The highest BCUT2D eigenvalue weighted by atomic mass is 16.5. The highest BCUT2D eigenvalue weighted by Gasteiger charge is 2.28. The third-order valence-electron chi connectivity index (χ3n) is 5.38. The van der Waals surface area contributed by atoms with E-state index < -0.39 is 29.2 Å². The molecular weight excluding hydrogens is 450 g/mol. The molecule has 0 spiro atoms. The number of Topliss-reactive ketones (excluding diaryl/α,β-unsaturated/α-hetero) is 1. The third kappa shape index (κ3) is 6.57. The van der Waals surface area contributed by atoms with Gasteiger partial charge >= 0.3 is 0 Å². The second kappa shape index (κ2) is 11.6. The molecule has 0 aliphatic heterocycles. The minimum atomic E-state index is -1.14. The van der Waals surface area contributed by atoms with E-state index in [2.05, 4.69) is 15.6 Å². The minimum absolute atomic E-state index is 0.0362. The number of pyridine rings is 1. The number of aromatic amines is 1. The van der Waals surface area contributed by atoms with E-state index in [-0.39, 0.29) is 18.7 Å². The zero-order chi connectivity index (χ0) is 25.4. The number of benzene rings is 2. The van der Waals surface area contributed by atoms with Crippen LogP contribution < -0.4 is 25.7 Å². The number of rotatable bonds is 10. The number of carbonyl (C=O) groups excluding carboxylic acids is 3. The molecule has 182 valence electrons. The Morgan fingerprint density at radius 3 is 2.31 bits per heavy atom. The zero-order valence-corrected chi connectivity index (χ0v) is 19.7. The fourth-order valence-electron chi connectivity index (χ4n) is 3.49. The maximum atomic E-state index is 13.1. The normalized spacial score (nSPS) is 11.3. The van der Waals surface area contributed by atoms with Gasteiger partial charge in [-0.3, -0.25) is 19.2 Å². The number of methoxy groups -OCH3 is 2. The molecule has 0 fully saturated rings. The Bertz CT molecular complexity index is 1270. The van der Waals surface area contributed by atoms with Crippen molar-refractivity contribution < 1.29 is 23.9 Å². The van der Waals surface area contributed by atoms with Crippen molar-refractivity contribution in [3.8, 4) is 11.5 Å². The standard InChI is InChI=1S/C26H27N3O6/c1-16-9-12-22(30)29-23(16)25(32)28-19(13-17-7-5-4-6-8-17)24(31)26(33)27-15-18-10-11-20(34-2)21(14-18)35-3/h4-12,14,19H,13,15H2,1-3H3,(H,27,33)(H,28,32)(H,29,30)/t19-/m0/s1. The van der Waals surface area contributed by atoms with Gasteiger partial charge in [0.1, 0.15) is 11.7 Å². The van der Waals surface area contributed by atoms with Gasteiger partial charge in [-0.25, -0.2) is 0 Å². The van der Waals surface area contributed by atoms with E-state index in [1.165, 1.54) is 26.4 Å². The molecule has 0 aliphatic carbocycles. The van der Waals surface area contributed by atoms with E-state index >= 15 is 0 Å². The molecule has 0 radical (unpaired) electrons. The number of ether oxygens (including phenoxy) is 2. The molecule has 3 N–H and O–H groups in total. The number of aryl methyl sites for hydroxylation is 1. The molecular formula is C26H27N3O6. The first-order chi connectivity index (χ1) is 16.8. The molecule has 0 saturated heterocycles. The molecule has 9 heteroatoms. The van der Waals surface area contributed by atoms with Crippen molar-refractivity contribution in [1.82, 2.24) is 15.6 Å². The predicted molar refractivity (Wildman–Crippen MR) is 130 cm³/mol. The largest absolute Gasteiger partial charge is 0.493 e. The van der Waals surface area contributed by atoms with Crippen molar-refractivity contribution >= 4 is 17.6 Å². The average Bonchev–Trinajstić information content (AvgIpc) is 2.88. The molecule has 35 heavy (non-hydrogen) atoms. The summed E-state index contributed by atoms with van der Waals surface area (Å²) in [6.45, 7) is 1.73. The van der Waals surface area contributed by atoms with Gasteiger partial charge in [-0.1, -0.05) is 42.5 Å². The number of carbonyl (C=O) groups is 3. The molecule has 0 bridgehead atoms. The lowest BCUT2D eigenvalue weighted by Gasteiger charge is -2.18. The van der Waals surface area contributed by atoms with Gasteiger partial charge in [0.2, 0.25) is 11.3 Å². The summed E-state index contributed by atoms with van der Waals surface area (Å²) in [4.78, 5) is 52.8. The number of nitrogens with one attached hydrogen (secondary N) is 3. The summed E-state index contributed by atoms with van der Waals surface area (Å²) in [5.41, 5.74) is 1.58. The van der Waals surface area contributed by atoms with Crippen LogP contribution in [0.3, 0.4) is 0 Å². The molecule has 1 aromatic heterocycles. The Morgan fingerprint density at radius 1 is 0.914 bits per heavy atom. The first-order valence-electron chi connectivity index (χ1n) is 10.9. The summed E-state index contributed by atoms with van der Waals surface area (Å²) in [5, 5.41) is 5.20. The SMILES string of the molecule is COc1ccc(CNC(=O)C(=O)[C@H](Cc2ccccc2)NC(=O)c2[nH]c(=O)ccc2C)cc1OC. The fourth-order valence-corrected chi connectivity index (χ4v) is 3.49. The molecule has 3 rings (SSSR count). The second-order valence-corrected chi connectivity index (χ2v) is 7.83. The third-order valence-corrected chi connectivity index (χ3v) is 5.38. The highest BCUT2D eigenvalue weighted by molar-refractivity contribution is 6.38. The number of amides is 2. The van der Waals surface area contributed by atoms with Gasteiger partial charge in [0.25, 0.3) is 11.8 Å². The molecule has 3 aromatic rings. The Labute approximate surface area is 202 Å². The smallest absolute Gasteiger partial charge is 0.289 e. The summed E-state index contributed by atoms with van der Waals surface area (Å²) in [5.74, 6) is -1.27. The van der Waals surface area contributed by atoms with Gasteiger partial charge in [-0.2, -0.15) is 0 Å². The fraction of sp³-hybridized carbons (Fsp3) is 0.231. The minimum Gasteiger partial charge on any atom is -0.493 e. The number of ketones is 1.